The van der Waals surface area contributed by atoms with Crippen LogP contribution in [-0.4, -0.2) is 0 Å². The predicted molar refractivity (Wildman–Crippen MR) is 118 cm³/mol. The molecule has 0 amide bonds. The van der Waals surface area contributed by atoms with Crippen molar-refractivity contribution in [3.8, 4) is 11.1 Å². The highest BCUT2D eigenvalue weighted by atomic mass is 35.5. The number of rotatable bonds is 7. The van der Waals surface area contributed by atoms with E-state index in [0.29, 0.717) is 0 Å². The van der Waals surface area contributed by atoms with Gasteiger partial charge in [-0.1, -0.05) is 101 Å². The van der Waals surface area contributed by atoms with Gasteiger partial charge in [0.1, 0.15) is 0 Å². The van der Waals surface area contributed by atoms with E-state index < -0.39 is 0 Å². The second-order valence-corrected chi connectivity index (χ2v) is 8.77. The first kappa shape index (κ1) is 20.8. The lowest BCUT2D eigenvalue weighted by Crippen LogP contribution is -2.13. The lowest BCUT2D eigenvalue weighted by Gasteiger charge is -2.25. The molecular weight excluding hydrogens is 336 g/mol. The van der Waals surface area contributed by atoms with Gasteiger partial charge in [-0.25, -0.2) is 0 Å². The van der Waals surface area contributed by atoms with Crippen LogP contribution < -0.4 is 0 Å². The summed E-state index contributed by atoms with van der Waals surface area (Å²) in [5.74, 6) is 0. The van der Waals surface area contributed by atoms with Crippen molar-refractivity contribution in [3.05, 3.63) is 64.2 Å². The molecule has 0 aromatic heterocycles. The number of halogens is 1. The minimum atomic E-state index is 0.0799. The number of hydrogen-bond donors (Lipinski definition) is 0. The Labute approximate surface area is 165 Å². The Morgan fingerprint density at radius 3 is 2.38 bits per heavy atom. The summed E-state index contributed by atoms with van der Waals surface area (Å²) in [4.78, 5) is 0. The topological polar surface area (TPSA) is 0 Å². The predicted octanol–water partition coefficient (Wildman–Crippen LogP) is 8.68. The van der Waals surface area contributed by atoms with Crippen molar-refractivity contribution in [1.29, 1.82) is 0 Å². The molecule has 0 aliphatic carbocycles. The molecule has 0 bridgehead atoms. The summed E-state index contributed by atoms with van der Waals surface area (Å²) in [6.07, 6.45) is 8.77. The second-order valence-electron chi connectivity index (χ2n) is 8.33. The van der Waals surface area contributed by atoms with Gasteiger partial charge in [-0.05, 0) is 59.6 Å². The summed E-state index contributed by atoms with van der Waals surface area (Å²) in [5, 5.41) is 0.789. The molecule has 0 aliphatic rings. The summed E-state index contributed by atoms with van der Waals surface area (Å²) in [5.41, 5.74) is 6.72. The van der Waals surface area contributed by atoms with Gasteiger partial charge >= 0.3 is 0 Å². The largest absolute Gasteiger partial charge is 0.0843 e. The van der Waals surface area contributed by atoms with E-state index in [1.807, 2.05) is 12.1 Å². The van der Waals surface area contributed by atoms with Crippen LogP contribution in [0.4, 0.5) is 0 Å². The maximum absolute atomic E-state index is 6.30. The van der Waals surface area contributed by atoms with Crippen LogP contribution >= 0.6 is 11.6 Å². The molecule has 0 heterocycles. The van der Waals surface area contributed by atoms with E-state index in [0.717, 1.165) is 5.02 Å². The molecule has 0 saturated carbocycles. The number of hydrogen-bond acceptors (Lipinski definition) is 0. The molecular formula is C25H33Cl. The fraction of sp³-hybridized carbons (Fsp3) is 0.440. The maximum Gasteiger partial charge on any atom is 0.0412 e. The minimum Gasteiger partial charge on any atom is -0.0843 e. The first-order valence-electron chi connectivity index (χ1n) is 9.89. The van der Waals surface area contributed by atoms with Crippen LogP contribution in [0.3, 0.4) is 0 Å². The maximum atomic E-state index is 6.30. The Balaban J connectivity index is 2.46. The fourth-order valence-corrected chi connectivity index (χ4v) is 3.64. The molecule has 1 heteroatoms. The van der Waals surface area contributed by atoms with Crippen molar-refractivity contribution < 1.29 is 0 Å². The van der Waals surface area contributed by atoms with E-state index in [1.165, 1.54) is 59.9 Å². The zero-order chi connectivity index (χ0) is 19.2. The first-order valence-corrected chi connectivity index (χ1v) is 10.3. The quantitative estimate of drug-likeness (QED) is 0.428. The lowest BCUT2D eigenvalue weighted by atomic mass is 9.79. The summed E-state index contributed by atoms with van der Waals surface area (Å²) in [6.45, 7) is 11.4. The number of benzene rings is 2. The summed E-state index contributed by atoms with van der Waals surface area (Å²) < 4.78 is 0. The fourth-order valence-electron chi connectivity index (χ4n) is 3.45. The van der Waals surface area contributed by atoms with Crippen molar-refractivity contribution >= 4 is 17.7 Å². The van der Waals surface area contributed by atoms with Crippen molar-refractivity contribution in [2.75, 3.05) is 0 Å². The molecule has 140 valence electrons. The Hall–Kier alpha value is -1.53. The first-order chi connectivity index (χ1) is 12.3. The van der Waals surface area contributed by atoms with Crippen LogP contribution in [-0.2, 0) is 5.41 Å². The number of unbranched alkanes of at least 4 members (excludes halogenated alkanes) is 3. The minimum absolute atomic E-state index is 0.0799. The molecule has 2 aromatic carbocycles. The normalized spacial score (nSPS) is 12.5. The van der Waals surface area contributed by atoms with Crippen LogP contribution in [0, 0.1) is 0 Å². The molecule has 0 fully saturated rings. The van der Waals surface area contributed by atoms with Gasteiger partial charge in [-0.3, -0.25) is 0 Å². The molecule has 0 nitrogen and oxygen atoms in total. The Morgan fingerprint density at radius 2 is 1.73 bits per heavy atom. The molecule has 0 atom stereocenters. The monoisotopic (exact) mass is 368 g/mol. The molecule has 26 heavy (non-hydrogen) atoms. The van der Waals surface area contributed by atoms with Gasteiger partial charge in [-0.15, -0.1) is 0 Å². The Morgan fingerprint density at radius 1 is 1.00 bits per heavy atom. The molecule has 2 rings (SSSR count). The van der Waals surface area contributed by atoms with Gasteiger partial charge in [0, 0.05) is 5.02 Å². The van der Waals surface area contributed by atoms with Crippen LogP contribution in [0.1, 0.15) is 77.8 Å². The standard InChI is InChI=1S/C25H33Cl/c1-6-7-8-9-12-19(2)17-20-14-11-16-23(25(3,4)5)24(20)21-13-10-15-22(26)18-21/h10-11,13-18H,6-9,12H2,1-5H3/b19-17-. The molecule has 0 saturated heterocycles. The average molecular weight is 369 g/mol. The van der Waals surface area contributed by atoms with Gasteiger partial charge in [-0.2, -0.15) is 0 Å². The van der Waals surface area contributed by atoms with Gasteiger partial charge in [0.05, 0.1) is 0 Å². The molecule has 2 aromatic rings. The van der Waals surface area contributed by atoms with Gasteiger partial charge in [0.2, 0.25) is 0 Å². The zero-order valence-electron chi connectivity index (χ0n) is 17.0. The highest BCUT2D eigenvalue weighted by molar-refractivity contribution is 6.30. The second kappa shape index (κ2) is 9.42. The summed E-state index contributed by atoms with van der Waals surface area (Å²) in [6, 6.07) is 14.9. The van der Waals surface area contributed by atoms with E-state index in [9.17, 15) is 0 Å². The van der Waals surface area contributed by atoms with Crippen molar-refractivity contribution in [1.82, 2.24) is 0 Å². The summed E-state index contributed by atoms with van der Waals surface area (Å²) >= 11 is 6.30. The highest BCUT2D eigenvalue weighted by Crippen LogP contribution is 2.37. The SMILES string of the molecule is CCCCCC/C(C)=C\c1cccc(C(C)(C)C)c1-c1cccc(Cl)c1. The molecule has 0 unspecified atom stereocenters. The van der Waals surface area contributed by atoms with E-state index >= 15 is 0 Å². The molecule has 0 spiro atoms. The third kappa shape index (κ3) is 5.74. The van der Waals surface area contributed by atoms with E-state index in [-0.39, 0.29) is 5.41 Å². The molecule has 0 aliphatic heterocycles. The van der Waals surface area contributed by atoms with Crippen LogP contribution in [0.2, 0.25) is 5.02 Å². The lowest BCUT2D eigenvalue weighted by molar-refractivity contribution is 0.592. The average Bonchev–Trinajstić information content (AvgIpc) is 2.58. The van der Waals surface area contributed by atoms with Crippen molar-refractivity contribution in [2.45, 2.75) is 72.1 Å². The van der Waals surface area contributed by atoms with Gasteiger partial charge in [0.25, 0.3) is 0 Å². The van der Waals surface area contributed by atoms with Gasteiger partial charge < -0.3 is 0 Å². The Bertz CT molecular complexity index is 747. The van der Waals surface area contributed by atoms with Crippen LogP contribution in [0.5, 0.6) is 0 Å². The van der Waals surface area contributed by atoms with Crippen LogP contribution in [0.15, 0.2) is 48.0 Å². The smallest absolute Gasteiger partial charge is 0.0412 e. The third-order valence-electron chi connectivity index (χ3n) is 4.84. The van der Waals surface area contributed by atoms with Crippen molar-refractivity contribution in [3.63, 3.8) is 0 Å². The highest BCUT2D eigenvalue weighted by Gasteiger charge is 2.20. The third-order valence-corrected chi connectivity index (χ3v) is 5.08. The Kier molecular flexibility index (Phi) is 7.53. The van der Waals surface area contributed by atoms with E-state index in [4.69, 9.17) is 11.6 Å². The molecule has 0 radical (unpaired) electrons. The summed E-state index contributed by atoms with van der Waals surface area (Å²) in [7, 11) is 0. The van der Waals surface area contributed by atoms with Crippen LogP contribution in [0.25, 0.3) is 17.2 Å². The van der Waals surface area contributed by atoms with Crippen molar-refractivity contribution in [2.24, 2.45) is 0 Å². The van der Waals surface area contributed by atoms with E-state index in [2.05, 4.69) is 71.0 Å². The van der Waals surface area contributed by atoms with E-state index in [1.54, 1.807) is 0 Å². The zero-order valence-corrected chi connectivity index (χ0v) is 17.8. The molecule has 0 N–H and O–H groups in total. The van der Waals surface area contributed by atoms with Gasteiger partial charge in [0.15, 0.2) is 0 Å². The number of allylic oxidation sites excluding steroid dienone is 1.